The van der Waals surface area contributed by atoms with Crippen molar-refractivity contribution in [3.05, 3.63) is 95.6 Å². The Hall–Kier alpha value is -2.35. The molecule has 0 unspecified atom stereocenters. The molecule has 0 saturated carbocycles. The first-order valence-electron chi connectivity index (χ1n) is 8.06. The molecule has 0 amide bonds. The summed E-state index contributed by atoms with van der Waals surface area (Å²) >= 11 is 0. The Balaban J connectivity index is 0.00000225. The zero-order valence-electron chi connectivity index (χ0n) is 14.3. The molecule has 1 radical (unpaired) electrons. The zero-order valence-corrected chi connectivity index (χ0v) is 15.2. The maximum absolute atomic E-state index is 10.8. The molecule has 3 rings (SSSR count). The third kappa shape index (κ3) is 4.19. The van der Waals surface area contributed by atoms with Crippen LogP contribution in [0.5, 0.6) is 5.75 Å². The molecular weight excluding hydrogens is 358 g/mol. The summed E-state index contributed by atoms with van der Waals surface area (Å²) in [5, 5.41) is 10.8. The van der Waals surface area contributed by atoms with E-state index in [0.717, 1.165) is 22.4 Å². The van der Waals surface area contributed by atoms with Gasteiger partial charge in [-0.3, -0.25) is 4.99 Å². The predicted octanol–water partition coefficient (Wildman–Crippen LogP) is 5.47. The number of rotatable bonds is 4. The Labute approximate surface area is 159 Å². The summed E-state index contributed by atoms with van der Waals surface area (Å²) in [4.78, 5) is 4.45. The smallest absolute Gasteiger partial charge is 0.128 e. The third-order valence-electron chi connectivity index (χ3n) is 4.34. The van der Waals surface area contributed by atoms with Gasteiger partial charge < -0.3 is 5.11 Å². The normalized spacial score (nSPS) is 11.3. The molecule has 25 heavy (non-hydrogen) atoms. The van der Waals surface area contributed by atoms with Crippen molar-refractivity contribution in [1.82, 2.24) is 0 Å². The van der Waals surface area contributed by atoms with Crippen molar-refractivity contribution < 1.29 is 22.2 Å². The monoisotopic (exact) mass is 378 g/mol. The van der Waals surface area contributed by atoms with Gasteiger partial charge in [0, 0.05) is 39.8 Å². The first kappa shape index (κ1) is 19.0. The van der Waals surface area contributed by atoms with Crippen molar-refractivity contribution in [2.24, 2.45) is 4.99 Å². The number of nitrogens with zero attached hydrogens (tertiary/aromatic N) is 1. The molecular formula is C22H21CuNO. The molecule has 3 heteroatoms. The molecule has 131 valence electrons. The zero-order chi connectivity index (χ0) is 17.0. The summed E-state index contributed by atoms with van der Waals surface area (Å²) in [6.45, 7) is 4.24. The topological polar surface area (TPSA) is 32.6 Å². The van der Waals surface area contributed by atoms with Crippen molar-refractivity contribution in [3.63, 3.8) is 0 Å². The van der Waals surface area contributed by atoms with Gasteiger partial charge in [0.1, 0.15) is 5.75 Å². The molecule has 0 aliphatic rings. The number of para-hydroxylation sites is 2. The van der Waals surface area contributed by atoms with Crippen LogP contribution in [0.25, 0.3) is 0 Å². The van der Waals surface area contributed by atoms with Crippen LogP contribution in [0, 0.1) is 0 Å². The van der Waals surface area contributed by atoms with Crippen LogP contribution in [0.15, 0.2) is 83.9 Å². The average Bonchev–Trinajstić information content (AvgIpc) is 2.62. The SMILES string of the molecule is CC(C)(c1ccccc1)c1cccc(C=Nc2ccccc2)c1O.[Cu]. The van der Waals surface area contributed by atoms with Gasteiger partial charge in [-0.25, -0.2) is 0 Å². The second kappa shape index (κ2) is 8.15. The van der Waals surface area contributed by atoms with Crippen LogP contribution in [0.4, 0.5) is 5.69 Å². The maximum atomic E-state index is 10.8. The van der Waals surface area contributed by atoms with Crippen LogP contribution in [0.1, 0.15) is 30.5 Å². The fourth-order valence-electron chi connectivity index (χ4n) is 2.84. The number of hydrogen-bond acceptors (Lipinski definition) is 2. The predicted molar refractivity (Wildman–Crippen MR) is 100 cm³/mol. The van der Waals surface area contributed by atoms with Gasteiger partial charge in [0.2, 0.25) is 0 Å². The second-order valence-electron chi connectivity index (χ2n) is 6.33. The summed E-state index contributed by atoms with van der Waals surface area (Å²) in [5.41, 5.74) is 3.36. The maximum Gasteiger partial charge on any atom is 0.128 e. The third-order valence-corrected chi connectivity index (χ3v) is 4.34. The number of aromatic hydroxyl groups is 1. The largest absolute Gasteiger partial charge is 0.507 e. The summed E-state index contributed by atoms with van der Waals surface area (Å²) in [6, 6.07) is 25.8. The van der Waals surface area contributed by atoms with E-state index in [4.69, 9.17) is 0 Å². The van der Waals surface area contributed by atoms with Gasteiger partial charge in [0.05, 0.1) is 5.69 Å². The Morgan fingerprint density at radius 3 is 2.04 bits per heavy atom. The standard InChI is InChI=1S/C22H21NO.Cu/c1-22(2,18-11-5-3-6-12-18)20-15-9-10-17(21(20)24)16-23-19-13-7-4-8-14-19;/h3-16,24H,1-2H3;. The number of phenolic OH excluding ortho intramolecular Hbond substituents is 1. The van der Waals surface area contributed by atoms with Crippen LogP contribution < -0.4 is 0 Å². The molecule has 3 aromatic carbocycles. The van der Waals surface area contributed by atoms with E-state index in [2.05, 4.69) is 31.0 Å². The van der Waals surface area contributed by atoms with Crippen LogP contribution >= 0.6 is 0 Å². The molecule has 0 aliphatic heterocycles. The Morgan fingerprint density at radius 2 is 1.40 bits per heavy atom. The van der Waals surface area contributed by atoms with Crippen LogP contribution in [-0.4, -0.2) is 11.3 Å². The van der Waals surface area contributed by atoms with E-state index in [1.165, 1.54) is 0 Å². The Bertz CT molecular complexity index is 842. The molecule has 2 nitrogen and oxygen atoms in total. The number of benzene rings is 3. The van der Waals surface area contributed by atoms with Gasteiger partial charge in [-0.05, 0) is 23.8 Å². The van der Waals surface area contributed by atoms with Crippen LogP contribution in [-0.2, 0) is 22.5 Å². The van der Waals surface area contributed by atoms with Gasteiger partial charge in [0.15, 0.2) is 0 Å². The molecule has 0 aromatic heterocycles. The molecule has 0 heterocycles. The fraction of sp³-hybridized carbons (Fsp3) is 0.136. The van der Waals surface area contributed by atoms with E-state index in [1.807, 2.05) is 66.7 Å². The Kier molecular flexibility index (Phi) is 6.19. The molecule has 0 fully saturated rings. The van der Waals surface area contributed by atoms with Crippen molar-refractivity contribution in [3.8, 4) is 5.75 Å². The number of hydrogen-bond donors (Lipinski definition) is 1. The van der Waals surface area contributed by atoms with Crippen LogP contribution in [0.3, 0.4) is 0 Å². The molecule has 0 atom stereocenters. The van der Waals surface area contributed by atoms with Gasteiger partial charge in [0.25, 0.3) is 0 Å². The quantitative estimate of drug-likeness (QED) is 0.474. The average molecular weight is 379 g/mol. The minimum Gasteiger partial charge on any atom is -0.507 e. The van der Waals surface area contributed by atoms with Gasteiger partial charge in [-0.15, -0.1) is 0 Å². The molecule has 3 aromatic rings. The van der Waals surface area contributed by atoms with E-state index in [9.17, 15) is 5.11 Å². The Morgan fingerprint density at radius 1 is 0.800 bits per heavy atom. The van der Waals surface area contributed by atoms with Crippen LogP contribution in [0.2, 0.25) is 0 Å². The first-order valence-corrected chi connectivity index (χ1v) is 8.06. The summed E-state index contributed by atoms with van der Waals surface area (Å²) in [5.74, 6) is 0.283. The van der Waals surface area contributed by atoms with Crippen molar-refractivity contribution in [2.75, 3.05) is 0 Å². The van der Waals surface area contributed by atoms with Gasteiger partial charge in [-0.2, -0.15) is 0 Å². The molecule has 0 saturated heterocycles. The van der Waals surface area contributed by atoms with E-state index in [1.54, 1.807) is 6.21 Å². The first-order chi connectivity index (χ1) is 11.6. The summed E-state index contributed by atoms with van der Waals surface area (Å²) in [6.07, 6.45) is 1.72. The minimum atomic E-state index is -0.290. The number of phenols is 1. The van der Waals surface area contributed by atoms with Crippen molar-refractivity contribution >= 4 is 11.9 Å². The summed E-state index contributed by atoms with van der Waals surface area (Å²) < 4.78 is 0. The van der Waals surface area contributed by atoms with Crippen molar-refractivity contribution in [2.45, 2.75) is 19.3 Å². The molecule has 1 N–H and O–H groups in total. The molecule has 0 spiro atoms. The minimum absolute atomic E-state index is 0. The van der Waals surface area contributed by atoms with E-state index in [-0.39, 0.29) is 28.2 Å². The fourth-order valence-corrected chi connectivity index (χ4v) is 2.84. The molecule has 0 aliphatic carbocycles. The number of aliphatic imine (C=N–C) groups is 1. The van der Waals surface area contributed by atoms with E-state index in [0.29, 0.717) is 0 Å². The van der Waals surface area contributed by atoms with Crippen molar-refractivity contribution in [1.29, 1.82) is 0 Å². The van der Waals surface area contributed by atoms with Gasteiger partial charge in [-0.1, -0.05) is 74.5 Å². The van der Waals surface area contributed by atoms with E-state index < -0.39 is 0 Å². The van der Waals surface area contributed by atoms with E-state index >= 15 is 0 Å². The van der Waals surface area contributed by atoms with Gasteiger partial charge >= 0.3 is 0 Å². The second-order valence-corrected chi connectivity index (χ2v) is 6.33. The molecule has 0 bridgehead atoms. The summed E-state index contributed by atoms with van der Waals surface area (Å²) in [7, 11) is 0.